The van der Waals surface area contributed by atoms with Crippen molar-refractivity contribution in [2.45, 2.75) is 6.54 Å². The van der Waals surface area contributed by atoms with Crippen LogP contribution < -0.4 is 5.32 Å². The molecule has 0 bridgehead atoms. The van der Waals surface area contributed by atoms with Crippen molar-refractivity contribution in [3.63, 3.8) is 0 Å². The summed E-state index contributed by atoms with van der Waals surface area (Å²) in [5, 5.41) is 9.63. The summed E-state index contributed by atoms with van der Waals surface area (Å²) in [6.07, 6.45) is -1.65. The molecule has 8 heteroatoms. The molecule has 1 aromatic rings. The highest BCUT2D eigenvalue weighted by molar-refractivity contribution is 5.64. The van der Waals surface area contributed by atoms with Gasteiger partial charge in [0.25, 0.3) is 0 Å². The zero-order chi connectivity index (χ0) is 12.5. The van der Waals surface area contributed by atoms with Crippen molar-refractivity contribution < 1.29 is 31.9 Å². The van der Waals surface area contributed by atoms with Crippen LogP contribution in [0.3, 0.4) is 0 Å². The summed E-state index contributed by atoms with van der Waals surface area (Å²) in [7, 11) is 0. The number of amides is 1. The molecule has 1 rings (SSSR count). The lowest BCUT2D eigenvalue weighted by atomic mass is 10.1. The molecule has 0 atom stereocenters. The molecule has 0 saturated carbocycles. The van der Waals surface area contributed by atoms with Crippen molar-refractivity contribution in [2.24, 2.45) is 0 Å². The number of hydrogen-bond donors (Lipinski definition) is 2. The first-order valence-electron chi connectivity index (χ1n) is 3.83. The molecule has 0 spiro atoms. The Labute approximate surface area is 85.5 Å². The highest BCUT2D eigenvalue weighted by Crippen LogP contribution is 2.22. The Kier molecular flexibility index (Phi) is 3.31. The minimum atomic E-state index is -2.28. The predicted octanol–water partition coefficient (Wildman–Crippen LogP) is 2.15. The molecule has 0 aromatic heterocycles. The molecule has 1 aromatic carbocycles. The van der Waals surface area contributed by atoms with Gasteiger partial charge in [-0.25, -0.2) is 26.7 Å². The Bertz CT molecular complexity index is 420. The molecular formula is C8H4F5NO2. The summed E-state index contributed by atoms with van der Waals surface area (Å²) >= 11 is 0. The van der Waals surface area contributed by atoms with Gasteiger partial charge in [-0.3, -0.25) is 0 Å². The molecule has 0 saturated heterocycles. The van der Waals surface area contributed by atoms with E-state index < -0.39 is 47.3 Å². The van der Waals surface area contributed by atoms with Crippen molar-refractivity contribution in [3.05, 3.63) is 34.6 Å². The number of halogens is 5. The fraction of sp³-hybridized carbons (Fsp3) is 0.125. The van der Waals surface area contributed by atoms with Crippen LogP contribution in [0.1, 0.15) is 5.56 Å². The van der Waals surface area contributed by atoms with E-state index >= 15 is 0 Å². The average Bonchev–Trinajstić information content (AvgIpc) is 2.23. The van der Waals surface area contributed by atoms with E-state index in [1.54, 1.807) is 0 Å². The molecule has 3 nitrogen and oxygen atoms in total. The van der Waals surface area contributed by atoms with Crippen LogP contribution in [0, 0.1) is 29.1 Å². The van der Waals surface area contributed by atoms with Crippen LogP contribution in [0.2, 0.25) is 0 Å². The van der Waals surface area contributed by atoms with Gasteiger partial charge in [-0.15, -0.1) is 0 Å². The van der Waals surface area contributed by atoms with Gasteiger partial charge in [0.1, 0.15) is 0 Å². The molecule has 88 valence electrons. The minimum Gasteiger partial charge on any atom is -0.465 e. The monoisotopic (exact) mass is 241 g/mol. The van der Waals surface area contributed by atoms with E-state index in [4.69, 9.17) is 5.11 Å². The third-order valence-corrected chi connectivity index (χ3v) is 1.72. The molecule has 16 heavy (non-hydrogen) atoms. The second kappa shape index (κ2) is 4.33. The highest BCUT2D eigenvalue weighted by Gasteiger charge is 2.25. The van der Waals surface area contributed by atoms with Gasteiger partial charge in [0.05, 0.1) is 6.54 Å². The summed E-state index contributed by atoms with van der Waals surface area (Å²) in [6, 6.07) is 0. The minimum absolute atomic E-state index is 1.01. The SMILES string of the molecule is O=C(O)NCc1c(F)c(F)c(F)c(F)c1F. The number of rotatable bonds is 2. The van der Waals surface area contributed by atoms with Crippen LogP contribution in [-0.4, -0.2) is 11.2 Å². The molecule has 0 unspecified atom stereocenters. The van der Waals surface area contributed by atoms with E-state index in [0.29, 0.717) is 0 Å². The van der Waals surface area contributed by atoms with Crippen LogP contribution in [0.4, 0.5) is 26.7 Å². The molecule has 0 heterocycles. The van der Waals surface area contributed by atoms with Gasteiger partial charge in [-0.05, 0) is 0 Å². The van der Waals surface area contributed by atoms with Crippen LogP contribution in [-0.2, 0) is 6.54 Å². The Morgan fingerprint density at radius 1 is 0.938 bits per heavy atom. The quantitative estimate of drug-likeness (QED) is 0.473. The largest absolute Gasteiger partial charge is 0.465 e. The van der Waals surface area contributed by atoms with Gasteiger partial charge in [0.2, 0.25) is 5.82 Å². The number of carbonyl (C=O) groups is 1. The summed E-state index contributed by atoms with van der Waals surface area (Å²) < 4.78 is 63.5. The molecule has 0 radical (unpaired) electrons. The fourth-order valence-corrected chi connectivity index (χ4v) is 0.970. The summed E-state index contributed by atoms with van der Waals surface area (Å²) in [6.45, 7) is -1.01. The molecule has 0 fully saturated rings. The van der Waals surface area contributed by atoms with Gasteiger partial charge in [-0.1, -0.05) is 0 Å². The van der Waals surface area contributed by atoms with E-state index in [1.807, 2.05) is 0 Å². The summed E-state index contributed by atoms with van der Waals surface area (Å²) in [5.74, 6) is -10.6. The zero-order valence-corrected chi connectivity index (χ0v) is 7.45. The third kappa shape index (κ3) is 2.05. The summed E-state index contributed by atoms with van der Waals surface area (Å²) in [5.41, 5.74) is -1.22. The van der Waals surface area contributed by atoms with Crippen molar-refractivity contribution in [1.29, 1.82) is 0 Å². The average molecular weight is 241 g/mol. The summed E-state index contributed by atoms with van der Waals surface area (Å²) in [4.78, 5) is 10.0. The van der Waals surface area contributed by atoms with Crippen molar-refractivity contribution in [2.75, 3.05) is 0 Å². The smallest absolute Gasteiger partial charge is 0.404 e. The maximum atomic E-state index is 12.9. The van der Waals surface area contributed by atoms with Gasteiger partial charge in [0, 0.05) is 5.56 Å². The third-order valence-electron chi connectivity index (χ3n) is 1.72. The Morgan fingerprint density at radius 2 is 1.31 bits per heavy atom. The standard InChI is InChI=1S/C8H4F5NO2/c9-3-2(1-14-8(15)16)4(10)6(12)7(13)5(3)11/h14H,1H2,(H,15,16). The van der Waals surface area contributed by atoms with Gasteiger partial charge in [0.15, 0.2) is 23.3 Å². The molecule has 0 aliphatic carbocycles. The second-order valence-corrected chi connectivity index (χ2v) is 2.71. The van der Waals surface area contributed by atoms with Crippen LogP contribution >= 0.6 is 0 Å². The van der Waals surface area contributed by atoms with Crippen LogP contribution in [0.15, 0.2) is 0 Å². The first-order valence-corrected chi connectivity index (χ1v) is 3.83. The van der Waals surface area contributed by atoms with Crippen LogP contribution in [0.25, 0.3) is 0 Å². The van der Waals surface area contributed by atoms with Crippen molar-refractivity contribution >= 4 is 6.09 Å². The maximum Gasteiger partial charge on any atom is 0.404 e. The lowest BCUT2D eigenvalue weighted by molar-refractivity contribution is 0.193. The fourth-order valence-electron chi connectivity index (χ4n) is 0.970. The first-order chi connectivity index (χ1) is 7.36. The van der Waals surface area contributed by atoms with E-state index in [-0.39, 0.29) is 0 Å². The second-order valence-electron chi connectivity index (χ2n) is 2.71. The number of hydrogen-bond acceptors (Lipinski definition) is 1. The first kappa shape index (κ1) is 12.2. The number of benzene rings is 1. The van der Waals surface area contributed by atoms with E-state index in [2.05, 4.69) is 0 Å². The Balaban J connectivity index is 3.23. The number of carboxylic acid groups (broad SMARTS) is 1. The lowest BCUT2D eigenvalue weighted by Gasteiger charge is -2.07. The van der Waals surface area contributed by atoms with E-state index in [1.165, 1.54) is 5.32 Å². The normalized spacial score (nSPS) is 10.3. The van der Waals surface area contributed by atoms with Gasteiger partial charge < -0.3 is 10.4 Å². The topological polar surface area (TPSA) is 49.3 Å². The number of nitrogens with one attached hydrogen (secondary N) is 1. The van der Waals surface area contributed by atoms with E-state index in [0.717, 1.165) is 0 Å². The van der Waals surface area contributed by atoms with E-state index in [9.17, 15) is 26.7 Å². The molecular weight excluding hydrogens is 237 g/mol. The van der Waals surface area contributed by atoms with Crippen LogP contribution in [0.5, 0.6) is 0 Å². The van der Waals surface area contributed by atoms with Crippen molar-refractivity contribution in [1.82, 2.24) is 5.32 Å². The van der Waals surface area contributed by atoms with Gasteiger partial charge >= 0.3 is 6.09 Å². The Hall–Kier alpha value is -1.86. The predicted molar refractivity (Wildman–Crippen MR) is 41.1 cm³/mol. The Morgan fingerprint density at radius 3 is 1.69 bits per heavy atom. The maximum absolute atomic E-state index is 12.9. The lowest BCUT2D eigenvalue weighted by Crippen LogP contribution is -2.22. The molecule has 2 N–H and O–H groups in total. The van der Waals surface area contributed by atoms with Gasteiger partial charge in [-0.2, -0.15) is 0 Å². The molecule has 0 aliphatic rings. The highest BCUT2D eigenvalue weighted by atomic mass is 19.2. The zero-order valence-electron chi connectivity index (χ0n) is 7.45. The van der Waals surface area contributed by atoms with Crippen molar-refractivity contribution in [3.8, 4) is 0 Å². The molecule has 1 amide bonds. The molecule has 0 aliphatic heterocycles.